The zero-order chi connectivity index (χ0) is 28.3. The molecule has 0 unspecified atom stereocenters. The highest BCUT2D eigenvalue weighted by Gasteiger charge is 2.55. The van der Waals surface area contributed by atoms with Gasteiger partial charge in [-0.05, 0) is 22.6 Å². The second-order valence-electron chi connectivity index (χ2n) is 9.31. The number of carbonyl (C=O) groups is 3. The molecule has 4 heterocycles. The third kappa shape index (κ3) is 5.50. The largest absolute Gasteiger partial charge is 0.448 e. The molecule has 0 radical (unpaired) electrons. The summed E-state index contributed by atoms with van der Waals surface area (Å²) in [6, 6.07) is 22.0. The topological polar surface area (TPSA) is 114 Å². The zero-order valence-corrected chi connectivity index (χ0v) is 24.3. The van der Waals surface area contributed by atoms with Crippen LogP contribution in [-0.4, -0.2) is 57.1 Å². The second kappa shape index (κ2) is 11.9. The van der Waals surface area contributed by atoms with Gasteiger partial charge in [-0.3, -0.25) is 14.5 Å². The Bertz CT molecular complexity index is 1550. The fraction of sp³-hybridized carbons (Fsp3) is 0.207. The molecule has 2 aromatic carbocycles. The van der Waals surface area contributed by atoms with E-state index >= 15 is 0 Å². The van der Waals surface area contributed by atoms with E-state index in [0.29, 0.717) is 21.5 Å². The number of hydrogen-bond donors (Lipinski definition) is 2. The first kappa shape index (κ1) is 27.2. The van der Waals surface area contributed by atoms with E-state index in [9.17, 15) is 14.4 Å². The van der Waals surface area contributed by atoms with E-state index < -0.39 is 23.5 Å². The van der Waals surface area contributed by atoms with Crippen molar-refractivity contribution >= 4 is 62.9 Å². The highest BCUT2D eigenvalue weighted by molar-refractivity contribution is 8.00. The van der Waals surface area contributed by atoms with E-state index in [1.165, 1.54) is 39.3 Å². The van der Waals surface area contributed by atoms with E-state index in [-0.39, 0.29) is 23.9 Å². The van der Waals surface area contributed by atoms with Crippen molar-refractivity contribution in [3.8, 4) is 0 Å². The number of rotatable bonds is 9. The lowest BCUT2D eigenvalue weighted by Gasteiger charge is -2.49. The standard InChI is InChI=1S/C29H25N5O4S3/c1-30-29-33-32-25(41-29)20-16-40-27-22(31-21(35)15-19-13-8-14-39-19)26(36)34(27)23(20)28(37)38-24(17-9-4-2-5-10-17)18-11-6-3-7-12-18/h2-14,22,24,27H,15-16H2,1H3,(H,30,33)(H,31,35)/t22-,27+/m1/s1. The van der Waals surface area contributed by atoms with Crippen LogP contribution in [0.3, 0.4) is 0 Å². The van der Waals surface area contributed by atoms with Crippen LogP contribution in [0.5, 0.6) is 0 Å². The molecule has 2 amide bonds. The SMILES string of the molecule is CNc1nnc(C2=C(C(=O)OC(c3ccccc3)c3ccccc3)N3C(=O)[C@@H](NC(=O)Cc4cccs4)[C@@H]3SC2)s1. The number of anilines is 1. The van der Waals surface area contributed by atoms with Gasteiger partial charge in [-0.25, -0.2) is 4.79 Å². The monoisotopic (exact) mass is 603 g/mol. The smallest absolute Gasteiger partial charge is 0.356 e. The average Bonchev–Trinajstić information content (AvgIpc) is 3.71. The molecule has 41 heavy (non-hydrogen) atoms. The molecule has 0 aliphatic carbocycles. The number of ether oxygens (including phenoxy) is 1. The number of amides is 2. The highest BCUT2D eigenvalue weighted by atomic mass is 32.2. The summed E-state index contributed by atoms with van der Waals surface area (Å²) in [7, 11) is 1.74. The highest BCUT2D eigenvalue weighted by Crippen LogP contribution is 2.45. The number of nitrogens with one attached hydrogen (secondary N) is 2. The summed E-state index contributed by atoms with van der Waals surface area (Å²) in [6.07, 6.45) is -0.492. The molecule has 12 heteroatoms. The zero-order valence-electron chi connectivity index (χ0n) is 21.9. The Morgan fingerprint density at radius 2 is 1.73 bits per heavy atom. The van der Waals surface area contributed by atoms with Gasteiger partial charge in [-0.1, -0.05) is 78.1 Å². The van der Waals surface area contributed by atoms with Gasteiger partial charge in [-0.2, -0.15) is 0 Å². The third-order valence-corrected chi connectivity index (χ3v) is 9.88. The van der Waals surface area contributed by atoms with Gasteiger partial charge in [0.1, 0.15) is 22.1 Å². The van der Waals surface area contributed by atoms with Crippen LogP contribution in [0.15, 0.2) is 83.9 Å². The molecule has 0 spiro atoms. The number of β-lactam (4-membered cyclic amide) rings is 1. The lowest BCUT2D eigenvalue weighted by atomic mass is 10.0. The molecular formula is C29H25N5O4S3. The maximum Gasteiger partial charge on any atom is 0.356 e. The minimum atomic E-state index is -0.738. The molecule has 2 N–H and O–H groups in total. The summed E-state index contributed by atoms with van der Waals surface area (Å²) < 4.78 is 6.19. The molecule has 0 bridgehead atoms. The lowest BCUT2D eigenvalue weighted by molar-refractivity contribution is -0.154. The van der Waals surface area contributed by atoms with E-state index in [0.717, 1.165) is 16.0 Å². The maximum atomic E-state index is 14.1. The van der Waals surface area contributed by atoms with Gasteiger partial charge < -0.3 is 15.4 Å². The Balaban J connectivity index is 1.32. The molecule has 1 saturated heterocycles. The number of thioether (sulfide) groups is 1. The van der Waals surface area contributed by atoms with Crippen LogP contribution in [0.1, 0.15) is 27.1 Å². The fourth-order valence-electron chi connectivity index (χ4n) is 4.76. The minimum absolute atomic E-state index is 0.137. The van der Waals surface area contributed by atoms with Crippen LogP contribution in [0.25, 0.3) is 5.57 Å². The first-order valence-electron chi connectivity index (χ1n) is 12.9. The van der Waals surface area contributed by atoms with Crippen LogP contribution in [0.2, 0.25) is 0 Å². The van der Waals surface area contributed by atoms with Crippen molar-refractivity contribution in [1.82, 2.24) is 20.4 Å². The van der Waals surface area contributed by atoms with Crippen LogP contribution >= 0.6 is 34.4 Å². The van der Waals surface area contributed by atoms with Crippen molar-refractivity contribution < 1.29 is 19.1 Å². The number of nitrogens with zero attached hydrogens (tertiary/aromatic N) is 3. The first-order chi connectivity index (χ1) is 20.0. The summed E-state index contributed by atoms with van der Waals surface area (Å²) in [5.74, 6) is -0.835. The predicted octanol–water partition coefficient (Wildman–Crippen LogP) is 4.33. The third-order valence-electron chi connectivity index (χ3n) is 6.72. The first-order valence-corrected chi connectivity index (χ1v) is 15.6. The second-order valence-corrected chi connectivity index (χ2v) is 12.4. The van der Waals surface area contributed by atoms with Crippen molar-refractivity contribution in [2.75, 3.05) is 18.1 Å². The number of fused-ring (bicyclic) bond motifs is 1. The number of benzene rings is 2. The van der Waals surface area contributed by atoms with Gasteiger partial charge >= 0.3 is 5.97 Å². The minimum Gasteiger partial charge on any atom is -0.448 e. The Kier molecular flexibility index (Phi) is 7.86. The molecule has 9 nitrogen and oxygen atoms in total. The molecule has 2 atom stereocenters. The van der Waals surface area contributed by atoms with Crippen molar-refractivity contribution in [3.63, 3.8) is 0 Å². The molecule has 0 saturated carbocycles. The number of esters is 1. The summed E-state index contributed by atoms with van der Waals surface area (Å²) in [5, 5.41) is 16.8. The van der Waals surface area contributed by atoms with E-state index in [1.807, 2.05) is 78.2 Å². The van der Waals surface area contributed by atoms with Crippen LogP contribution in [0.4, 0.5) is 5.13 Å². The lowest BCUT2D eigenvalue weighted by Crippen LogP contribution is -2.70. The summed E-state index contributed by atoms with van der Waals surface area (Å²) >= 11 is 4.26. The van der Waals surface area contributed by atoms with Crippen LogP contribution in [0, 0.1) is 0 Å². The molecule has 2 aliphatic rings. The number of aromatic nitrogens is 2. The molecule has 4 aromatic rings. The number of carbonyl (C=O) groups excluding carboxylic acids is 3. The fourth-order valence-corrected chi connectivity index (χ4v) is 7.64. The van der Waals surface area contributed by atoms with Gasteiger partial charge in [0.05, 0.1) is 6.42 Å². The predicted molar refractivity (Wildman–Crippen MR) is 160 cm³/mol. The molecule has 1 fully saturated rings. The van der Waals surface area contributed by atoms with Crippen LogP contribution in [-0.2, 0) is 25.5 Å². The van der Waals surface area contributed by atoms with Gasteiger partial charge in [0.2, 0.25) is 11.0 Å². The van der Waals surface area contributed by atoms with Gasteiger partial charge in [-0.15, -0.1) is 33.3 Å². The van der Waals surface area contributed by atoms with Crippen molar-refractivity contribution in [3.05, 3.63) is 105 Å². The normalized spacial score (nSPS) is 18.1. The number of hydrogen-bond acceptors (Lipinski definition) is 10. The van der Waals surface area contributed by atoms with E-state index in [1.54, 1.807) is 7.05 Å². The summed E-state index contributed by atoms with van der Waals surface area (Å²) in [5.41, 5.74) is 2.32. The average molecular weight is 604 g/mol. The van der Waals surface area contributed by atoms with E-state index in [4.69, 9.17) is 4.74 Å². The molecule has 6 rings (SSSR count). The van der Waals surface area contributed by atoms with Gasteiger partial charge in [0.15, 0.2) is 6.10 Å². The molecule has 208 valence electrons. The van der Waals surface area contributed by atoms with Crippen molar-refractivity contribution in [2.24, 2.45) is 0 Å². The summed E-state index contributed by atoms with van der Waals surface area (Å²) in [6.45, 7) is 0. The van der Waals surface area contributed by atoms with Gasteiger partial charge in [0, 0.05) is 23.3 Å². The Morgan fingerprint density at radius 1 is 1.02 bits per heavy atom. The molecule has 2 aromatic heterocycles. The van der Waals surface area contributed by atoms with E-state index in [2.05, 4.69) is 20.8 Å². The Hall–Kier alpha value is -4.00. The Morgan fingerprint density at radius 3 is 2.34 bits per heavy atom. The van der Waals surface area contributed by atoms with Crippen LogP contribution < -0.4 is 10.6 Å². The van der Waals surface area contributed by atoms with Gasteiger partial charge in [0.25, 0.3) is 5.91 Å². The maximum absolute atomic E-state index is 14.1. The quantitative estimate of drug-likeness (QED) is 0.215. The molecule has 2 aliphatic heterocycles. The van der Waals surface area contributed by atoms with Crippen molar-refractivity contribution in [2.45, 2.75) is 23.9 Å². The van der Waals surface area contributed by atoms with Crippen molar-refractivity contribution in [1.29, 1.82) is 0 Å². The summed E-state index contributed by atoms with van der Waals surface area (Å²) in [4.78, 5) is 42.7. The molecular weight excluding hydrogens is 579 g/mol. The number of thiophene rings is 1. The Labute approximate surface area is 248 Å².